The van der Waals surface area contributed by atoms with Gasteiger partial charge in [-0.15, -0.1) is 0 Å². The number of nitrogens with zero attached hydrogens (tertiary/aromatic N) is 3. The summed E-state index contributed by atoms with van der Waals surface area (Å²) in [5.41, 5.74) is 15.2. The molecule has 0 fully saturated rings. The van der Waals surface area contributed by atoms with E-state index in [1.54, 1.807) is 0 Å². The molecule has 0 N–H and O–H groups in total. The SMILES string of the molecule is c1ccc(N2c3cccc4c3B(c3oc5ccccc5c32)c2c3c5ccccc5n(-c5ccccc5)c3cc3c5ccccc5n-4c23)cc1. The van der Waals surface area contributed by atoms with Crippen LogP contribution in [0, 0.1) is 0 Å². The first-order chi connectivity index (χ1) is 24.4. The van der Waals surface area contributed by atoms with E-state index in [4.69, 9.17) is 4.42 Å². The van der Waals surface area contributed by atoms with Crippen LogP contribution in [0.15, 0.2) is 162 Å². The molecule has 7 aromatic carbocycles. The maximum Gasteiger partial charge on any atom is 0.297 e. The molecular formula is C44H26BN3O. The average molecular weight is 624 g/mol. The minimum absolute atomic E-state index is 0.119. The van der Waals surface area contributed by atoms with Crippen LogP contribution in [0.2, 0.25) is 0 Å². The van der Waals surface area contributed by atoms with Gasteiger partial charge >= 0.3 is 0 Å². The largest absolute Gasteiger partial charge is 0.468 e. The zero-order valence-corrected chi connectivity index (χ0v) is 26.3. The molecule has 2 aliphatic rings. The summed E-state index contributed by atoms with van der Waals surface area (Å²) in [5, 5.41) is 6.17. The number of para-hydroxylation sites is 5. The number of hydrogen-bond acceptors (Lipinski definition) is 2. The lowest BCUT2D eigenvalue weighted by atomic mass is 9.35. The van der Waals surface area contributed by atoms with Crippen molar-refractivity contribution in [1.82, 2.24) is 9.13 Å². The summed E-state index contributed by atoms with van der Waals surface area (Å²) in [6, 6.07) is 57.1. The zero-order chi connectivity index (χ0) is 31.8. The number of furan rings is 1. The Morgan fingerprint density at radius 3 is 1.88 bits per heavy atom. The number of rotatable bonds is 2. The highest BCUT2D eigenvalue weighted by atomic mass is 16.3. The quantitative estimate of drug-likeness (QED) is 0.180. The summed E-state index contributed by atoms with van der Waals surface area (Å²) >= 11 is 0. The molecule has 0 aliphatic carbocycles. The second kappa shape index (κ2) is 9.12. The molecule has 49 heavy (non-hydrogen) atoms. The van der Waals surface area contributed by atoms with E-state index in [1.807, 2.05) is 0 Å². The molecule has 0 spiro atoms. The van der Waals surface area contributed by atoms with E-state index >= 15 is 0 Å². The molecule has 226 valence electrons. The van der Waals surface area contributed by atoms with E-state index in [0.29, 0.717) is 0 Å². The van der Waals surface area contributed by atoms with Crippen LogP contribution in [0.4, 0.5) is 17.1 Å². The fraction of sp³-hybridized carbons (Fsp3) is 0. The Labute approximate surface area is 281 Å². The molecule has 0 atom stereocenters. The van der Waals surface area contributed by atoms with E-state index in [2.05, 4.69) is 172 Å². The van der Waals surface area contributed by atoms with Crippen LogP contribution in [0.5, 0.6) is 0 Å². The predicted molar refractivity (Wildman–Crippen MR) is 204 cm³/mol. The molecule has 0 radical (unpaired) electrons. The standard InChI is InChI=1S/C44H26BN3O/c1-3-14-27(15-4-1)46-34-22-11-8-19-30(34)39-37(46)26-32-29-18-7-10-21-33(29)48-36-24-13-23-35-40(36)45(41(39)42(32)48)44-43(31-20-9-12-25-38(31)49-44)47(35)28-16-5-2-6-17-28/h1-26H. The maximum atomic E-state index is 7.11. The number of aromatic nitrogens is 2. The van der Waals surface area contributed by atoms with E-state index < -0.39 is 0 Å². The van der Waals surface area contributed by atoms with Crippen molar-refractivity contribution >= 4 is 94.9 Å². The van der Waals surface area contributed by atoms with Gasteiger partial charge in [-0.25, -0.2) is 0 Å². The molecule has 0 saturated heterocycles. The molecule has 10 aromatic rings. The van der Waals surface area contributed by atoms with Gasteiger partial charge in [0.2, 0.25) is 0 Å². The van der Waals surface area contributed by atoms with Crippen molar-refractivity contribution in [3.63, 3.8) is 0 Å². The van der Waals surface area contributed by atoms with Gasteiger partial charge in [-0.2, -0.15) is 0 Å². The van der Waals surface area contributed by atoms with Crippen LogP contribution in [-0.4, -0.2) is 15.8 Å². The Morgan fingerprint density at radius 1 is 0.449 bits per heavy atom. The van der Waals surface area contributed by atoms with Crippen LogP contribution >= 0.6 is 0 Å². The van der Waals surface area contributed by atoms with Crippen molar-refractivity contribution in [2.45, 2.75) is 0 Å². The van der Waals surface area contributed by atoms with E-state index in [1.165, 1.54) is 65.9 Å². The monoisotopic (exact) mass is 623 g/mol. The van der Waals surface area contributed by atoms with Crippen LogP contribution in [0.1, 0.15) is 0 Å². The third-order valence-electron chi connectivity index (χ3n) is 10.9. The van der Waals surface area contributed by atoms with Gasteiger partial charge in [0, 0.05) is 49.7 Å². The normalized spacial score (nSPS) is 13.2. The first kappa shape index (κ1) is 25.6. The summed E-state index contributed by atoms with van der Waals surface area (Å²) in [7, 11) is 0. The van der Waals surface area contributed by atoms with Crippen LogP contribution in [-0.2, 0) is 0 Å². The van der Waals surface area contributed by atoms with Gasteiger partial charge < -0.3 is 18.5 Å². The molecular weight excluding hydrogens is 597 g/mol. The molecule has 12 rings (SSSR count). The molecule has 3 aromatic heterocycles. The topological polar surface area (TPSA) is 26.2 Å². The number of hydrogen-bond donors (Lipinski definition) is 0. The van der Waals surface area contributed by atoms with Crippen molar-refractivity contribution < 1.29 is 4.42 Å². The van der Waals surface area contributed by atoms with Gasteiger partial charge in [-0.05, 0) is 77.7 Å². The third kappa shape index (κ3) is 3.11. The van der Waals surface area contributed by atoms with Gasteiger partial charge in [0.05, 0.1) is 33.4 Å². The summed E-state index contributed by atoms with van der Waals surface area (Å²) in [4.78, 5) is 2.43. The van der Waals surface area contributed by atoms with Crippen molar-refractivity contribution in [1.29, 1.82) is 0 Å². The lowest BCUT2D eigenvalue weighted by Gasteiger charge is -2.38. The van der Waals surface area contributed by atoms with Gasteiger partial charge in [0.25, 0.3) is 6.71 Å². The number of anilines is 3. The second-order valence-electron chi connectivity index (χ2n) is 13.2. The Morgan fingerprint density at radius 2 is 1.08 bits per heavy atom. The Kier molecular flexibility index (Phi) is 4.77. The van der Waals surface area contributed by atoms with Gasteiger partial charge in [-0.1, -0.05) is 91.0 Å². The molecule has 0 bridgehead atoms. The fourth-order valence-electron chi connectivity index (χ4n) is 9.07. The molecule has 2 aliphatic heterocycles. The minimum Gasteiger partial charge on any atom is -0.468 e. The predicted octanol–water partition coefficient (Wildman–Crippen LogP) is 9.24. The summed E-state index contributed by atoms with van der Waals surface area (Å²) < 4.78 is 12.1. The van der Waals surface area contributed by atoms with E-state index in [9.17, 15) is 0 Å². The first-order valence-electron chi connectivity index (χ1n) is 16.9. The van der Waals surface area contributed by atoms with Crippen LogP contribution in [0.25, 0.3) is 66.0 Å². The van der Waals surface area contributed by atoms with Gasteiger partial charge in [0.1, 0.15) is 5.58 Å². The Hall–Kier alpha value is -6.46. The van der Waals surface area contributed by atoms with Crippen molar-refractivity contribution in [2.75, 3.05) is 4.90 Å². The molecule has 5 heterocycles. The Balaban J connectivity index is 1.35. The average Bonchev–Trinajstić information content (AvgIpc) is 3.82. The molecule has 4 nitrogen and oxygen atoms in total. The van der Waals surface area contributed by atoms with E-state index in [-0.39, 0.29) is 6.71 Å². The molecule has 0 amide bonds. The highest BCUT2D eigenvalue weighted by Gasteiger charge is 2.46. The minimum atomic E-state index is -0.119. The summed E-state index contributed by atoms with van der Waals surface area (Å²) in [6.45, 7) is -0.119. The number of benzene rings is 7. The van der Waals surface area contributed by atoms with Crippen molar-refractivity contribution in [3.05, 3.63) is 158 Å². The van der Waals surface area contributed by atoms with Gasteiger partial charge in [0.15, 0.2) is 0 Å². The fourth-order valence-corrected chi connectivity index (χ4v) is 9.07. The van der Waals surface area contributed by atoms with Crippen molar-refractivity contribution in [3.8, 4) is 11.4 Å². The lowest BCUT2D eigenvalue weighted by molar-refractivity contribution is 0.651. The molecule has 0 saturated carbocycles. The van der Waals surface area contributed by atoms with Crippen LogP contribution in [0.3, 0.4) is 0 Å². The third-order valence-corrected chi connectivity index (χ3v) is 10.9. The van der Waals surface area contributed by atoms with E-state index in [0.717, 1.165) is 33.7 Å². The lowest BCUT2D eigenvalue weighted by Crippen LogP contribution is -2.60. The van der Waals surface area contributed by atoms with Crippen molar-refractivity contribution in [2.24, 2.45) is 0 Å². The molecule has 5 heteroatoms. The Bertz CT molecular complexity index is 3010. The summed E-state index contributed by atoms with van der Waals surface area (Å²) in [6.07, 6.45) is 0. The van der Waals surface area contributed by atoms with Crippen LogP contribution < -0.4 is 21.5 Å². The summed E-state index contributed by atoms with van der Waals surface area (Å²) in [5.74, 6) is 0. The van der Waals surface area contributed by atoms with Gasteiger partial charge in [-0.3, -0.25) is 0 Å². The highest BCUT2D eigenvalue weighted by molar-refractivity contribution is 7.01. The first-order valence-corrected chi connectivity index (χ1v) is 16.9. The second-order valence-corrected chi connectivity index (χ2v) is 13.2. The molecule has 0 unspecified atom stereocenters. The number of fused-ring (bicyclic) bond motifs is 13. The maximum absolute atomic E-state index is 7.11. The smallest absolute Gasteiger partial charge is 0.297 e. The zero-order valence-electron chi connectivity index (χ0n) is 26.3. The highest BCUT2D eigenvalue weighted by Crippen LogP contribution is 2.46.